The van der Waals surface area contributed by atoms with Crippen molar-refractivity contribution >= 4 is 47.6 Å². The molecule has 2 aliphatic carbocycles. The highest BCUT2D eigenvalue weighted by Crippen LogP contribution is 2.64. The van der Waals surface area contributed by atoms with Crippen LogP contribution in [0.15, 0.2) is 103 Å². The van der Waals surface area contributed by atoms with Crippen LogP contribution in [0.3, 0.4) is 0 Å². The van der Waals surface area contributed by atoms with Gasteiger partial charge >= 0.3 is 7.12 Å². The van der Waals surface area contributed by atoms with Gasteiger partial charge in [0.05, 0.1) is 34.5 Å². The number of allylic oxidation sites excluding steroid dienone is 2. The largest absolute Gasteiger partial charge is 0.507 e. The third-order valence-electron chi connectivity index (χ3n) is 11.7. The average molecular weight is 696 g/mol. The predicted molar refractivity (Wildman–Crippen MR) is 195 cm³/mol. The van der Waals surface area contributed by atoms with Gasteiger partial charge in [0.25, 0.3) is 11.8 Å². The average Bonchev–Trinajstić information content (AvgIpc) is 3.52. The fraction of sp³-hybridized carbons (Fsp3) is 0.268. The molecule has 10 nitrogen and oxygen atoms in total. The Hall–Kier alpha value is -5.52. The summed E-state index contributed by atoms with van der Waals surface area (Å²) in [6.45, 7) is 5.55. The number of hydrogen-bond acceptors (Lipinski definition) is 8. The van der Waals surface area contributed by atoms with Crippen molar-refractivity contribution in [3.8, 4) is 5.75 Å². The van der Waals surface area contributed by atoms with Gasteiger partial charge in [-0.15, -0.1) is 0 Å². The molecule has 11 heteroatoms. The molecule has 0 spiro atoms. The fourth-order valence-corrected chi connectivity index (χ4v) is 9.36. The third-order valence-corrected chi connectivity index (χ3v) is 11.7. The van der Waals surface area contributed by atoms with Gasteiger partial charge in [-0.25, -0.2) is 0 Å². The molecule has 6 unspecified atom stereocenters. The van der Waals surface area contributed by atoms with Crippen LogP contribution < -0.4 is 15.8 Å². The Morgan fingerprint density at radius 1 is 0.788 bits per heavy atom. The second-order valence-electron chi connectivity index (χ2n) is 14.6. The standard InChI is InChI=1S/C41H38BN3O7/c1-22-12-14-28(15-13-22)43-45-38(48)33-21-32-30(16-17-31-34(32)39(49)44(37(31)47)29-11-7-10-27(20-29)42(51)52)35(25-18-23(2)36(46)24(3)19-25)41(33,40(45)50)26-8-5-4-6-9-26/h4-16,18-20,31-35,43,46,51-52H,17,21H2,1-3H3. The number of carbonyl (C=O) groups excluding carboxylic acids is 4. The second-order valence-corrected chi connectivity index (χ2v) is 14.6. The molecule has 1 saturated carbocycles. The predicted octanol–water partition coefficient (Wildman–Crippen LogP) is 4.19. The first kappa shape index (κ1) is 33.6. The maximum atomic E-state index is 15.3. The van der Waals surface area contributed by atoms with Gasteiger partial charge in [0, 0.05) is 5.92 Å². The monoisotopic (exact) mass is 695 g/mol. The lowest BCUT2D eigenvalue weighted by Gasteiger charge is -2.50. The van der Waals surface area contributed by atoms with Crippen molar-refractivity contribution in [1.82, 2.24) is 5.01 Å². The zero-order chi connectivity index (χ0) is 36.6. The van der Waals surface area contributed by atoms with Crippen molar-refractivity contribution < 1.29 is 34.3 Å². The molecular weight excluding hydrogens is 657 g/mol. The minimum Gasteiger partial charge on any atom is -0.507 e. The molecule has 4 amide bonds. The second kappa shape index (κ2) is 12.3. The van der Waals surface area contributed by atoms with E-state index in [0.29, 0.717) is 22.4 Å². The lowest BCUT2D eigenvalue weighted by atomic mass is 9.49. The van der Waals surface area contributed by atoms with Crippen molar-refractivity contribution in [2.24, 2.45) is 23.7 Å². The van der Waals surface area contributed by atoms with E-state index in [2.05, 4.69) is 5.43 Å². The number of hydrazine groups is 1. The van der Waals surface area contributed by atoms with Crippen molar-refractivity contribution in [2.75, 3.05) is 10.3 Å². The van der Waals surface area contributed by atoms with Gasteiger partial charge in [0.1, 0.15) is 5.75 Å². The van der Waals surface area contributed by atoms with Gasteiger partial charge < -0.3 is 15.2 Å². The topological polar surface area (TPSA) is 147 Å². The normalized spacial score (nSPS) is 26.6. The Bertz CT molecular complexity index is 2160. The molecule has 4 N–H and O–H groups in total. The van der Waals surface area contributed by atoms with E-state index >= 15 is 4.79 Å². The van der Waals surface area contributed by atoms with Crippen LogP contribution in [0.25, 0.3) is 0 Å². The summed E-state index contributed by atoms with van der Waals surface area (Å²) in [6.07, 6.45) is 2.38. The lowest BCUT2D eigenvalue weighted by molar-refractivity contribution is -0.138. The number of hydrogen-bond donors (Lipinski definition) is 4. The van der Waals surface area contributed by atoms with Gasteiger partial charge in [0.2, 0.25) is 11.8 Å². The Balaban J connectivity index is 1.32. The van der Waals surface area contributed by atoms with Crippen LogP contribution in [0, 0.1) is 44.4 Å². The molecule has 4 aromatic rings. The van der Waals surface area contributed by atoms with Crippen molar-refractivity contribution in [2.45, 2.75) is 44.9 Å². The maximum absolute atomic E-state index is 15.3. The van der Waals surface area contributed by atoms with E-state index in [1.54, 1.807) is 26.0 Å². The molecule has 0 bridgehead atoms. The number of phenols is 1. The van der Waals surface area contributed by atoms with Crippen LogP contribution in [-0.2, 0) is 24.6 Å². The van der Waals surface area contributed by atoms with Crippen LogP contribution in [0.2, 0.25) is 0 Å². The number of benzene rings is 4. The molecule has 4 aliphatic rings. The summed E-state index contributed by atoms with van der Waals surface area (Å²) >= 11 is 0. The summed E-state index contributed by atoms with van der Waals surface area (Å²) in [5, 5.41) is 31.6. The zero-order valence-corrected chi connectivity index (χ0v) is 29.0. The summed E-state index contributed by atoms with van der Waals surface area (Å²) in [6, 6.07) is 26.5. The minimum absolute atomic E-state index is 0.137. The molecular formula is C41H38BN3O7. The molecule has 2 aliphatic heterocycles. The van der Waals surface area contributed by atoms with Crippen LogP contribution in [0.1, 0.15) is 46.6 Å². The molecule has 52 heavy (non-hydrogen) atoms. The van der Waals surface area contributed by atoms with Crippen LogP contribution in [0.4, 0.5) is 11.4 Å². The summed E-state index contributed by atoms with van der Waals surface area (Å²) in [5.41, 5.74) is 7.10. The Labute approximate surface area is 301 Å². The quantitative estimate of drug-likeness (QED) is 0.134. The van der Waals surface area contributed by atoms with Crippen molar-refractivity contribution in [3.05, 3.63) is 130 Å². The molecule has 2 saturated heterocycles. The molecule has 3 fully saturated rings. The first-order valence-electron chi connectivity index (χ1n) is 17.5. The molecule has 4 aromatic carbocycles. The molecule has 262 valence electrons. The SMILES string of the molecule is Cc1ccc(NN2C(=O)C3CC4C(=CCC5C(=O)N(c6cccc(B(O)O)c6)C(=O)C54)C(c4cc(C)c(O)c(C)c4)C3(c3ccccc3)C2=O)cc1. The lowest BCUT2D eigenvalue weighted by Crippen LogP contribution is -2.53. The number of phenolic OH excluding ortho intramolecular Hbond substituents is 1. The Morgan fingerprint density at radius 3 is 2.15 bits per heavy atom. The Kier molecular flexibility index (Phi) is 7.96. The summed E-state index contributed by atoms with van der Waals surface area (Å²) in [4.78, 5) is 59.9. The first-order chi connectivity index (χ1) is 24.9. The highest BCUT2D eigenvalue weighted by molar-refractivity contribution is 6.58. The summed E-state index contributed by atoms with van der Waals surface area (Å²) < 4.78 is 0. The van der Waals surface area contributed by atoms with Crippen molar-refractivity contribution in [3.63, 3.8) is 0 Å². The van der Waals surface area contributed by atoms with Gasteiger partial charge in [-0.05, 0) is 91.5 Å². The smallest absolute Gasteiger partial charge is 0.488 e. The Morgan fingerprint density at radius 2 is 1.48 bits per heavy atom. The fourth-order valence-electron chi connectivity index (χ4n) is 9.36. The number of nitrogens with one attached hydrogen (secondary N) is 1. The number of aromatic hydroxyl groups is 1. The number of imide groups is 2. The van der Waals surface area contributed by atoms with Gasteiger partial charge in [0.15, 0.2) is 0 Å². The van der Waals surface area contributed by atoms with E-state index in [4.69, 9.17) is 0 Å². The molecule has 6 atom stereocenters. The van der Waals surface area contributed by atoms with Crippen LogP contribution >= 0.6 is 0 Å². The summed E-state index contributed by atoms with van der Waals surface area (Å²) in [5.74, 6) is -5.23. The van der Waals surface area contributed by atoms with Gasteiger partial charge in [-0.1, -0.05) is 83.9 Å². The first-order valence-corrected chi connectivity index (χ1v) is 17.5. The number of anilines is 2. The van der Waals surface area contributed by atoms with Gasteiger partial charge in [-0.3, -0.25) is 29.5 Å². The number of nitrogens with zero attached hydrogens (tertiary/aromatic N) is 2. The van der Waals surface area contributed by atoms with Crippen LogP contribution in [0.5, 0.6) is 5.75 Å². The van der Waals surface area contributed by atoms with E-state index in [1.807, 2.05) is 79.7 Å². The molecule has 0 radical (unpaired) electrons. The minimum atomic E-state index is -1.78. The van der Waals surface area contributed by atoms with E-state index in [-0.39, 0.29) is 35.6 Å². The number of carbonyl (C=O) groups is 4. The number of amides is 4. The maximum Gasteiger partial charge on any atom is 0.488 e. The van der Waals surface area contributed by atoms with E-state index in [0.717, 1.165) is 26.6 Å². The van der Waals surface area contributed by atoms with E-state index in [1.165, 1.54) is 12.1 Å². The zero-order valence-electron chi connectivity index (χ0n) is 29.0. The van der Waals surface area contributed by atoms with Crippen LogP contribution in [-0.4, -0.2) is 50.9 Å². The number of fused-ring (bicyclic) bond motifs is 4. The summed E-state index contributed by atoms with van der Waals surface area (Å²) in [7, 11) is -1.78. The molecule has 0 aromatic heterocycles. The highest BCUT2D eigenvalue weighted by atomic mass is 16.4. The number of aryl methyl sites for hydroxylation is 3. The van der Waals surface area contributed by atoms with E-state index < -0.39 is 59.8 Å². The van der Waals surface area contributed by atoms with Gasteiger partial charge in [-0.2, -0.15) is 5.01 Å². The van der Waals surface area contributed by atoms with E-state index in [9.17, 15) is 29.5 Å². The number of rotatable bonds is 6. The highest BCUT2D eigenvalue weighted by Gasteiger charge is 2.70. The molecule has 2 heterocycles. The molecule has 8 rings (SSSR count). The van der Waals surface area contributed by atoms with Crippen molar-refractivity contribution in [1.29, 1.82) is 0 Å². The third kappa shape index (κ3) is 4.87.